The molecule has 3 aliphatic rings. The van der Waals surface area contributed by atoms with Crippen molar-refractivity contribution in [3.8, 4) is 33.4 Å². The van der Waals surface area contributed by atoms with Crippen LogP contribution in [0.1, 0.15) is 55.9 Å². The molecule has 1 nitrogen and oxygen atoms in total. The second-order valence-electron chi connectivity index (χ2n) is 16.2. The fraction of sp³-hybridized carbons (Fsp3) is 0.154. The summed E-state index contributed by atoms with van der Waals surface area (Å²) in [4.78, 5) is 2.48. The standard InChI is InChI=1S/C52H43N/c1-51(2)46-21-13-11-19-42(46)44-32-37(24-30-47(44)51)34-22-26-38(27-23-34)53(39-28-29-43-41-18-10-12-20-45(41)52(3,4)48(43)33-39)49-31-25-35-14-8-9-17-40(35)50(49)36-15-6-5-7-16-36/h5-33,42,46H,1-4H3. The van der Waals surface area contributed by atoms with Crippen molar-refractivity contribution in [3.05, 3.63) is 198 Å². The molecule has 3 aliphatic carbocycles. The number of nitrogens with zero attached hydrogens (tertiary/aromatic N) is 1. The van der Waals surface area contributed by atoms with Crippen LogP contribution in [-0.2, 0) is 10.8 Å². The largest absolute Gasteiger partial charge is 0.310 e. The van der Waals surface area contributed by atoms with Crippen molar-refractivity contribution in [3.63, 3.8) is 0 Å². The van der Waals surface area contributed by atoms with Gasteiger partial charge in [0.2, 0.25) is 0 Å². The van der Waals surface area contributed by atoms with Gasteiger partial charge in [-0.1, -0.05) is 173 Å². The van der Waals surface area contributed by atoms with E-state index in [0.717, 1.165) is 11.4 Å². The zero-order valence-electron chi connectivity index (χ0n) is 30.8. The summed E-state index contributed by atoms with van der Waals surface area (Å²) in [6.45, 7) is 9.54. The van der Waals surface area contributed by atoms with Crippen LogP contribution in [0.15, 0.2) is 176 Å². The van der Waals surface area contributed by atoms with Gasteiger partial charge in [-0.2, -0.15) is 0 Å². The van der Waals surface area contributed by atoms with Crippen molar-refractivity contribution in [2.45, 2.75) is 44.4 Å². The number of anilines is 3. The Hall–Kier alpha value is -5.92. The maximum absolute atomic E-state index is 2.48. The van der Waals surface area contributed by atoms with E-state index < -0.39 is 0 Å². The smallest absolute Gasteiger partial charge is 0.0546 e. The van der Waals surface area contributed by atoms with E-state index in [-0.39, 0.29) is 10.8 Å². The van der Waals surface area contributed by atoms with Crippen molar-refractivity contribution in [2.24, 2.45) is 5.92 Å². The van der Waals surface area contributed by atoms with Gasteiger partial charge in [-0.3, -0.25) is 0 Å². The Morgan fingerprint density at radius 3 is 2.04 bits per heavy atom. The Morgan fingerprint density at radius 2 is 1.19 bits per heavy atom. The molecule has 0 amide bonds. The molecule has 53 heavy (non-hydrogen) atoms. The topological polar surface area (TPSA) is 3.24 Å². The first-order valence-electron chi connectivity index (χ1n) is 19.0. The van der Waals surface area contributed by atoms with E-state index in [2.05, 4.69) is 209 Å². The van der Waals surface area contributed by atoms with Crippen molar-refractivity contribution in [1.82, 2.24) is 0 Å². The molecule has 256 valence electrons. The summed E-state index contributed by atoms with van der Waals surface area (Å²) in [6, 6.07) is 56.7. The average Bonchev–Trinajstić information content (AvgIpc) is 3.57. The van der Waals surface area contributed by atoms with Gasteiger partial charge in [-0.05, 0) is 103 Å². The predicted octanol–water partition coefficient (Wildman–Crippen LogP) is 14.1. The van der Waals surface area contributed by atoms with Crippen LogP contribution in [-0.4, -0.2) is 0 Å². The molecule has 1 heteroatoms. The molecular formula is C52H43N. The van der Waals surface area contributed by atoms with E-state index in [1.165, 1.54) is 72.1 Å². The molecule has 0 spiro atoms. The number of allylic oxidation sites excluding steroid dienone is 4. The molecule has 7 aromatic carbocycles. The minimum atomic E-state index is -0.104. The zero-order chi connectivity index (χ0) is 35.9. The number of hydrogen-bond acceptors (Lipinski definition) is 1. The van der Waals surface area contributed by atoms with E-state index in [1.807, 2.05) is 0 Å². The normalized spacial score (nSPS) is 18.3. The second kappa shape index (κ2) is 11.8. The molecule has 0 bridgehead atoms. The number of benzene rings is 7. The molecule has 0 fully saturated rings. The van der Waals surface area contributed by atoms with E-state index in [4.69, 9.17) is 0 Å². The quantitative estimate of drug-likeness (QED) is 0.175. The zero-order valence-corrected chi connectivity index (χ0v) is 30.8. The van der Waals surface area contributed by atoms with Gasteiger partial charge in [0, 0.05) is 28.3 Å². The van der Waals surface area contributed by atoms with Crippen molar-refractivity contribution < 1.29 is 0 Å². The minimum absolute atomic E-state index is 0.104. The fourth-order valence-corrected chi connectivity index (χ4v) is 9.79. The summed E-state index contributed by atoms with van der Waals surface area (Å²) in [6.07, 6.45) is 9.24. The predicted molar refractivity (Wildman–Crippen MR) is 225 cm³/mol. The number of rotatable bonds is 5. The van der Waals surface area contributed by atoms with Crippen LogP contribution in [0.25, 0.3) is 44.2 Å². The van der Waals surface area contributed by atoms with Gasteiger partial charge in [0.25, 0.3) is 0 Å². The van der Waals surface area contributed by atoms with Gasteiger partial charge >= 0.3 is 0 Å². The Morgan fingerprint density at radius 1 is 0.491 bits per heavy atom. The van der Waals surface area contributed by atoms with Crippen LogP contribution in [0.5, 0.6) is 0 Å². The third-order valence-electron chi connectivity index (χ3n) is 12.6. The SMILES string of the molecule is CC1(C)c2ccccc2-c2ccc(N(c3ccc(-c4ccc5c(c4)C4C=CC=CC4C5(C)C)cc3)c3ccc4ccccc4c3-c3ccccc3)cc21. The van der Waals surface area contributed by atoms with Crippen molar-refractivity contribution in [2.75, 3.05) is 4.90 Å². The Labute approximate surface area is 313 Å². The minimum Gasteiger partial charge on any atom is -0.310 e. The summed E-state index contributed by atoms with van der Waals surface area (Å²) in [5.41, 5.74) is 16.8. The van der Waals surface area contributed by atoms with Gasteiger partial charge < -0.3 is 4.90 Å². The highest BCUT2D eigenvalue weighted by Gasteiger charge is 2.44. The third-order valence-corrected chi connectivity index (χ3v) is 12.6. The van der Waals surface area contributed by atoms with E-state index in [9.17, 15) is 0 Å². The Kier molecular flexibility index (Phi) is 7.08. The van der Waals surface area contributed by atoms with Gasteiger partial charge in [0.1, 0.15) is 0 Å². The van der Waals surface area contributed by atoms with Crippen molar-refractivity contribution in [1.29, 1.82) is 0 Å². The van der Waals surface area contributed by atoms with Crippen LogP contribution in [0.2, 0.25) is 0 Å². The lowest BCUT2D eigenvalue weighted by molar-refractivity contribution is 0.394. The summed E-state index contributed by atoms with van der Waals surface area (Å²) >= 11 is 0. The highest BCUT2D eigenvalue weighted by Crippen LogP contribution is 2.54. The van der Waals surface area contributed by atoms with Gasteiger partial charge in [-0.25, -0.2) is 0 Å². The second-order valence-corrected chi connectivity index (χ2v) is 16.2. The molecule has 0 N–H and O–H groups in total. The van der Waals surface area contributed by atoms with E-state index in [1.54, 1.807) is 0 Å². The molecule has 0 radical (unpaired) electrons. The Balaban J connectivity index is 1.14. The molecule has 0 saturated carbocycles. The molecule has 7 aromatic rings. The fourth-order valence-electron chi connectivity index (χ4n) is 9.79. The molecule has 0 aliphatic heterocycles. The molecular weight excluding hydrogens is 639 g/mol. The lowest BCUT2D eigenvalue weighted by Gasteiger charge is -2.30. The summed E-state index contributed by atoms with van der Waals surface area (Å²) in [5, 5.41) is 2.49. The monoisotopic (exact) mass is 681 g/mol. The average molecular weight is 682 g/mol. The van der Waals surface area contributed by atoms with Gasteiger partial charge in [0.05, 0.1) is 5.69 Å². The maximum Gasteiger partial charge on any atom is 0.0546 e. The summed E-state index contributed by atoms with van der Waals surface area (Å²) in [7, 11) is 0. The van der Waals surface area contributed by atoms with Gasteiger partial charge in [-0.15, -0.1) is 0 Å². The van der Waals surface area contributed by atoms with Gasteiger partial charge in [0.15, 0.2) is 0 Å². The van der Waals surface area contributed by atoms with Crippen molar-refractivity contribution >= 4 is 27.8 Å². The third kappa shape index (κ3) is 4.84. The first kappa shape index (κ1) is 31.8. The van der Waals surface area contributed by atoms with Crippen LogP contribution < -0.4 is 4.90 Å². The van der Waals surface area contributed by atoms with E-state index >= 15 is 0 Å². The molecule has 10 rings (SSSR count). The lowest BCUT2D eigenvalue weighted by Crippen LogP contribution is -2.24. The maximum atomic E-state index is 2.48. The summed E-state index contributed by atoms with van der Waals surface area (Å²) < 4.78 is 0. The highest BCUT2D eigenvalue weighted by molar-refractivity contribution is 6.05. The first-order chi connectivity index (χ1) is 25.8. The number of hydrogen-bond donors (Lipinski definition) is 0. The number of fused-ring (bicyclic) bond motifs is 7. The summed E-state index contributed by atoms with van der Waals surface area (Å²) in [5.74, 6) is 0.929. The Bertz CT molecular complexity index is 2620. The first-order valence-corrected chi connectivity index (χ1v) is 19.0. The van der Waals surface area contributed by atoms with Crippen LogP contribution in [0.3, 0.4) is 0 Å². The molecule has 0 aromatic heterocycles. The highest BCUT2D eigenvalue weighted by atomic mass is 15.1. The molecule has 0 saturated heterocycles. The molecule has 0 heterocycles. The lowest BCUT2D eigenvalue weighted by atomic mass is 9.74. The van der Waals surface area contributed by atoms with Crippen LogP contribution >= 0.6 is 0 Å². The van der Waals surface area contributed by atoms with E-state index in [0.29, 0.717) is 11.8 Å². The molecule has 2 unspecified atom stereocenters. The molecule has 2 atom stereocenters. The van der Waals surface area contributed by atoms with Crippen LogP contribution in [0.4, 0.5) is 17.1 Å². The van der Waals surface area contributed by atoms with Crippen LogP contribution in [0, 0.1) is 5.92 Å².